The van der Waals surface area contributed by atoms with Gasteiger partial charge in [0.2, 0.25) is 5.91 Å². The summed E-state index contributed by atoms with van der Waals surface area (Å²) in [4.78, 5) is 23.7. The summed E-state index contributed by atoms with van der Waals surface area (Å²) in [5.74, 6) is -0.582. The Kier molecular flexibility index (Phi) is 7.42. The van der Waals surface area contributed by atoms with Crippen molar-refractivity contribution in [2.24, 2.45) is 0 Å². The monoisotopic (exact) mass is 294 g/mol. The second-order valence-corrected chi connectivity index (χ2v) is 4.75. The van der Waals surface area contributed by atoms with Gasteiger partial charge in [0.25, 0.3) is 5.91 Å². The average Bonchev–Trinajstić information content (AvgIpc) is 2.48. The summed E-state index contributed by atoms with van der Waals surface area (Å²) in [6.07, 6.45) is -0.205. The fourth-order valence-corrected chi connectivity index (χ4v) is 1.73. The summed E-state index contributed by atoms with van der Waals surface area (Å²) in [6, 6.07) is 8.06. The Hall–Kier alpha value is -1.92. The Morgan fingerprint density at radius 1 is 1.29 bits per heavy atom. The van der Waals surface area contributed by atoms with E-state index >= 15 is 0 Å². The van der Waals surface area contributed by atoms with Crippen molar-refractivity contribution in [3.8, 4) is 0 Å². The number of benzene rings is 1. The maximum Gasteiger partial charge on any atom is 0.251 e. The standard InChI is InChI=1S/C15H22N2O4/c1-11(14(19)16-9-8-13(18)10-21-2)17-15(20)12-6-4-3-5-7-12/h3-7,11,13,18H,8-10H2,1-2H3,(H,16,19)(H,17,20). The fourth-order valence-electron chi connectivity index (χ4n) is 1.73. The molecule has 6 nitrogen and oxygen atoms in total. The number of aliphatic hydroxyl groups excluding tert-OH is 1. The lowest BCUT2D eigenvalue weighted by Crippen LogP contribution is -2.45. The molecule has 0 aliphatic carbocycles. The minimum Gasteiger partial charge on any atom is -0.391 e. The molecule has 1 aromatic rings. The van der Waals surface area contributed by atoms with Gasteiger partial charge in [-0.15, -0.1) is 0 Å². The highest BCUT2D eigenvalue weighted by Gasteiger charge is 2.16. The van der Waals surface area contributed by atoms with E-state index in [2.05, 4.69) is 10.6 Å². The maximum absolute atomic E-state index is 11.9. The predicted octanol–water partition coefficient (Wildman–Crippen LogP) is 0.319. The largest absolute Gasteiger partial charge is 0.391 e. The zero-order chi connectivity index (χ0) is 15.7. The molecule has 0 aliphatic heterocycles. The first-order valence-corrected chi connectivity index (χ1v) is 6.85. The van der Waals surface area contributed by atoms with Crippen molar-refractivity contribution in [1.82, 2.24) is 10.6 Å². The van der Waals surface area contributed by atoms with Crippen LogP contribution in [-0.4, -0.2) is 49.3 Å². The van der Waals surface area contributed by atoms with Crippen LogP contribution in [0.15, 0.2) is 30.3 Å². The summed E-state index contributed by atoms with van der Waals surface area (Å²) in [7, 11) is 1.50. The molecular formula is C15H22N2O4. The molecule has 0 fully saturated rings. The Balaban J connectivity index is 2.33. The van der Waals surface area contributed by atoms with E-state index in [1.165, 1.54) is 7.11 Å². The van der Waals surface area contributed by atoms with Gasteiger partial charge in [-0.3, -0.25) is 9.59 Å². The molecule has 2 unspecified atom stereocenters. The molecule has 0 spiro atoms. The fraction of sp³-hybridized carbons (Fsp3) is 0.467. The number of carbonyl (C=O) groups excluding carboxylic acids is 2. The molecule has 2 amide bonds. The van der Waals surface area contributed by atoms with Crippen LogP contribution in [-0.2, 0) is 9.53 Å². The van der Waals surface area contributed by atoms with Gasteiger partial charge in [-0.2, -0.15) is 0 Å². The molecule has 0 aliphatic rings. The molecule has 0 bridgehead atoms. The lowest BCUT2D eigenvalue weighted by molar-refractivity contribution is -0.122. The van der Waals surface area contributed by atoms with Crippen LogP contribution in [0, 0.1) is 0 Å². The highest BCUT2D eigenvalue weighted by molar-refractivity contribution is 5.97. The summed E-state index contributed by atoms with van der Waals surface area (Å²) in [6.45, 7) is 2.17. The number of nitrogens with one attached hydrogen (secondary N) is 2. The second-order valence-electron chi connectivity index (χ2n) is 4.75. The molecule has 0 aromatic heterocycles. The van der Waals surface area contributed by atoms with Crippen LogP contribution in [0.4, 0.5) is 0 Å². The molecule has 0 heterocycles. The van der Waals surface area contributed by atoms with Gasteiger partial charge in [0.05, 0.1) is 12.7 Å². The Morgan fingerprint density at radius 2 is 1.95 bits per heavy atom. The third-order valence-corrected chi connectivity index (χ3v) is 2.91. The number of hydrogen-bond acceptors (Lipinski definition) is 4. The Bertz CT molecular complexity index is 450. The molecule has 116 valence electrons. The average molecular weight is 294 g/mol. The van der Waals surface area contributed by atoms with Crippen LogP contribution in [0.1, 0.15) is 23.7 Å². The van der Waals surface area contributed by atoms with Gasteiger partial charge in [-0.25, -0.2) is 0 Å². The van der Waals surface area contributed by atoms with Gasteiger partial charge >= 0.3 is 0 Å². The highest BCUT2D eigenvalue weighted by atomic mass is 16.5. The SMILES string of the molecule is COCC(O)CCNC(=O)C(C)NC(=O)c1ccccc1. The number of rotatable bonds is 8. The zero-order valence-electron chi connectivity index (χ0n) is 12.3. The number of methoxy groups -OCH3 is 1. The minimum atomic E-state index is -0.641. The van der Waals surface area contributed by atoms with Gasteiger partial charge < -0.3 is 20.5 Å². The lowest BCUT2D eigenvalue weighted by Gasteiger charge is -2.15. The summed E-state index contributed by atoms with van der Waals surface area (Å²) in [5, 5.41) is 14.7. The number of ether oxygens (including phenoxy) is 1. The van der Waals surface area contributed by atoms with Crippen molar-refractivity contribution in [3.05, 3.63) is 35.9 Å². The van der Waals surface area contributed by atoms with E-state index in [1.807, 2.05) is 6.07 Å². The summed E-state index contributed by atoms with van der Waals surface area (Å²) >= 11 is 0. The summed E-state index contributed by atoms with van der Waals surface area (Å²) in [5.41, 5.74) is 0.507. The highest BCUT2D eigenvalue weighted by Crippen LogP contribution is 1.99. The summed E-state index contributed by atoms with van der Waals surface area (Å²) < 4.78 is 4.79. The van der Waals surface area contributed by atoms with Crippen LogP contribution < -0.4 is 10.6 Å². The van der Waals surface area contributed by atoms with Crippen LogP contribution in [0.5, 0.6) is 0 Å². The van der Waals surface area contributed by atoms with Crippen molar-refractivity contribution in [2.75, 3.05) is 20.3 Å². The van der Waals surface area contributed by atoms with E-state index in [4.69, 9.17) is 4.74 Å². The van der Waals surface area contributed by atoms with E-state index in [-0.39, 0.29) is 18.4 Å². The Morgan fingerprint density at radius 3 is 2.57 bits per heavy atom. The first kappa shape index (κ1) is 17.1. The predicted molar refractivity (Wildman–Crippen MR) is 78.9 cm³/mol. The van der Waals surface area contributed by atoms with Gasteiger partial charge in [0.15, 0.2) is 0 Å². The van der Waals surface area contributed by atoms with Crippen molar-refractivity contribution in [2.45, 2.75) is 25.5 Å². The zero-order valence-corrected chi connectivity index (χ0v) is 12.3. The van der Waals surface area contributed by atoms with Crippen LogP contribution in [0.2, 0.25) is 0 Å². The number of carbonyl (C=O) groups is 2. The van der Waals surface area contributed by atoms with E-state index in [0.29, 0.717) is 18.5 Å². The van der Waals surface area contributed by atoms with Gasteiger partial charge in [-0.05, 0) is 25.5 Å². The smallest absolute Gasteiger partial charge is 0.251 e. The van der Waals surface area contributed by atoms with Crippen molar-refractivity contribution >= 4 is 11.8 Å². The van der Waals surface area contributed by atoms with E-state index in [0.717, 1.165) is 0 Å². The molecule has 6 heteroatoms. The molecule has 21 heavy (non-hydrogen) atoms. The molecule has 1 aromatic carbocycles. The van der Waals surface area contributed by atoms with Crippen molar-refractivity contribution < 1.29 is 19.4 Å². The first-order valence-electron chi connectivity index (χ1n) is 6.85. The molecule has 0 saturated heterocycles. The van der Waals surface area contributed by atoms with Crippen LogP contribution >= 0.6 is 0 Å². The second kappa shape index (κ2) is 9.10. The maximum atomic E-state index is 11.9. The molecule has 3 N–H and O–H groups in total. The molecule has 2 atom stereocenters. The lowest BCUT2D eigenvalue weighted by atomic mass is 10.2. The number of aliphatic hydroxyl groups is 1. The van der Waals surface area contributed by atoms with Crippen LogP contribution in [0.25, 0.3) is 0 Å². The normalized spacial score (nSPS) is 13.3. The van der Waals surface area contributed by atoms with Gasteiger partial charge in [-0.1, -0.05) is 18.2 Å². The van der Waals surface area contributed by atoms with E-state index in [9.17, 15) is 14.7 Å². The molecular weight excluding hydrogens is 272 g/mol. The number of hydrogen-bond donors (Lipinski definition) is 3. The molecule has 0 radical (unpaired) electrons. The molecule has 1 rings (SSSR count). The third kappa shape index (κ3) is 6.37. The van der Waals surface area contributed by atoms with E-state index in [1.54, 1.807) is 31.2 Å². The van der Waals surface area contributed by atoms with Crippen molar-refractivity contribution in [3.63, 3.8) is 0 Å². The van der Waals surface area contributed by atoms with E-state index < -0.39 is 12.1 Å². The third-order valence-electron chi connectivity index (χ3n) is 2.91. The van der Waals surface area contributed by atoms with Crippen molar-refractivity contribution in [1.29, 1.82) is 0 Å². The van der Waals surface area contributed by atoms with Crippen LogP contribution in [0.3, 0.4) is 0 Å². The minimum absolute atomic E-state index is 0.232. The topological polar surface area (TPSA) is 87.7 Å². The Labute approximate surface area is 124 Å². The molecule has 0 saturated carbocycles. The van der Waals surface area contributed by atoms with Gasteiger partial charge in [0, 0.05) is 19.2 Å². The number of amides is 2. The first-order chi connectivity index (χ1) is 10.0. The quantitative estimate of drug-likeness (QED) is 0.644. The van der Waals surface area contributed by atoms with Gasteiger partial charge in [0.1, 0.15) is 6.04 Å².